The van der Waals surface area contributed by atoms with Gasteiger partial charge < -0.3 is 14.7 Å². The lowest BCUT2D eigenvalue weighted by molar-refractivity contribution is 0.597. The maximum atomic E-state index is 2.67. The van der Waals surface area contributed by atoms with Crippen molar-refractivity contribution in [1.29, 1.82) is 0 Å². The van der Waals surface area contributed by atoms with Crippen molar-refractivity contribution >= 4 is 62.3 Å². The Bertz CT molecular complexity index is 4180. The van der Waals surface area contributed by atoms with E-state index in [1.54, 1.807) is 0 Å². The lowest BCUT2D eigenvalue weighted by Crippen LogP contribution is -2.38. The Morgan fingerprint density at radius 2 is 0.883 bits per heavy atom. The van der Waals surface area contributed by atoms with Gasteiger partial charge in [-0.2, -0.15) is 0 Å². The van der Waals surface area contributed by atoms with Crippen molar-refractivity contribution in [3.63, 3.8) is 0 Å². The van der Waals surface area contributed by atoms with Gasteiger partial charge in [0.1, 0.15) is 0 Å². The minimum Gasteiger partial charge on any atom is -0.334 e. The molecule has 10 aromatic carbocycles. The zero-order valence-corrected chi connectivity index (χ0v) is 45.4. The second kappa shape index (κ2) is 16.1. The van der Waals surface area contributed by atoms with Crippen molar-refractivity contribution in [1.82, 2.24) is 0 Å². The monoisotopic (exact) mass is 994 g/mol. The molecule has 0 radical (unpaired) electrons. The van der Waals surface area contributed by atoms with Crippen LogP contribution >= 0.6 is 0 Å². The van der Waals surface area contributed by atoms with Crippen molar-refractivity contribution in [2.24, 2.45) is 0 Å². The van der Waals surface area contributed by atoms with Gasteiger partial charge in [0, 0.05) is 49.8 Å². The summed E-state index contributed by atoms with van der Waals surface area (Å²) in [4.78, 5) is 7.86. The van der Waals surface area contributed by atoms with Crippen molar-refractivity contribution in [3.8, 4) is 22.3 Å². The quantitative estimate of drug-likeness (QED) is 0.164. The highest BCUT2D eigenvalue weighted by Gasteiger charge is 2.47. The molecule has 5 aliphatic rings. The van der Waals surface area contributed by atoms with E-state index in [1.165, 1.54) is 123 Å². The van der Waals surface area contributed by atoms with E-state index in [-0.39, 0.29) is 22.3 Å². The SMILES string of the molecule is CC1(C)c2ccccc2-c2ccc(N(c3cc4c5c(c3)C(C)(C)c3cc(N(c6ccc7c(c6)C(C)(C)c6ccccc6-7)C6CC=Cc7ccccc76)ccc3N5c3ccccc3C4(C)C)c3cccc4ccccc34)cc21. The summed E-state index contributed by atoms with van der Waals surface area (Å²) in [6.45, 7) is 19.4. The van der Waals surface area contributed by atoms with Gasteiger partial charge in [0.2, 0.25) is 0 Å². The Balaban J connectivity index is 0.962. The van der Waals surface area contributed by atoms with Crippen LogP contribution in [0.2, 0.25) is 0 Å². The van der Waals surface area contributed by atoms with Gasteiger partial charge in [0.05, 0.1) is 28.8 Å². The van der Waals surface area contributed by atoms with E-state index in [2.05, 4.69) is 288 Å². The average molecular weight is 994 g/mol. The van der Waals surface area contributed by atoms with Crippen LogP contribution in [-0.4, -0.2) is 0 Å². The number of hydrogen-bond acceptors (Lipinski definition) is 3. The smallest absolute Gasteiger partial charge is 0.0631 e. The zero-order valence-electron chi connectivity index (χ0n) is 45.4. The van der Waals surface area contributed by atoms with Gasteiger partial charge in [-0.25, -0.2) is 0 Å². The molecule has 3 nitrogen and oxygen atoms in total. The van der Waals surface area contributed by atoms with Crippen LogP contribution in [0.5, 0.6) is 0 Å². The predicted molar refractivity (Wildman–Crippen MR) is 324 cm³/mol. The van der Waals surface area contributed by atoms with Gasteiger partial charge >= 0.3 is 0 Å². The van der Waals surface area contributed by atoms with Crippen LogP contribution in [0, 0.1) is 0 Å². The fourth-order valence-electron chi connectivity index (χ4n) is 14.8. The van der Waals surface area contributed by atoms with Gasteiger partial charge in [-0.05, 0) is 156 Å². The average Bonchev–Trinajstić information content (AvgIpc) is 3.83. The highest BCUT2D eigenvalue weighted by Crippen LogP contribution is 2.63. The first-order valence-corrected chi connectivity index (χ1v) is 27.8. The largest absolute Gasteiger partial charge is 0.334 e. The van der Waals surface area contributed by atoms with Gasteiger partial charge in [-0.1, -0.05) is 207 Å². The van der Waals surface area contributed by atoms with E-state index in [0.29, 0.717) is 0 Å². The van der Waals surface area contributed by atoms with E-state index < -0.39 is 5.41 Å². The lowest BCUT2D eigenvalue weighted by Gasteiger charge is -2.50. The van der Waals surface area contributed by atoms with Crippen LogP contribution in [0.15, 0.2) is 212 Å². The Hall–Kier alpha value is -8.40. The summed E-state index contributed by atoms with van der Waals surface area (Å²) < 4.78 is 0. The maximum absolute atomic E-state index is 2.67. The summed E-state index contributed by atoms with van der Waals surface area (Å²) >= 11 is 0. The van der Waals surface area contributed by atoms with Crippen LogP contribution in [0.1, 0.15) is 123 Å². The molecule has 0 fully saturated rings. The third kappa shape index (κ3) is 6.38. The molecule has 1 unspecified atom stereocenters. The molecule has 77 heavy (non-hydrogen) atoms. The fraction of sp³-hybridized carbons (Fsp3) is 0.189. The lowest BCUT2D eigenvalue weighted by atomic mass is 9.66. The third-order valence-electron chi connectivity index (χ3n) is 18.9. The van der Waals surface area contributed by atoms with E-state index in [9.17, 15) is 0 Å². The minimum absolute atomic E-state index is 0.0900. The molecule has 0 N–H and O–H groups in total. The summed E-state index contributed by atoms with van der Waals surface area (Å²) in [5.41, 5.74) is 27.5. The van der Waals surface area contributed by atoms with Crippen molar-refractivity contribution < 1.29 is 0 Å². The molecule has 374 valence electrons. The Kier molecular flexibility index (Phi) is 9.59. The number of nitrogens with zero attached hydrogens (tertiary/aromatic N) is 3. The second-order valence-corrected chi connectivity index (χ2v) is 24.5. The van der Waals surface area contributed by atoms with Crippen LogP contribution in [0.4, 0.5) is 45.5 Å². The van der Waals surface area contributed by atoms with E-state index in [4.69, 9.17) is 0 Å². The molecule has 0 bridgehead atoms. The third-order valence-corrected chi connectivity index (χ3v) is 18.9. The van der Waals surface area contributed by atoms with Gasteiger partial charge in [-0.15, -0.1) is 0 Å². The molecule has 10 aromatic rings. The summed E-state index contributed by atoms with van der Waals surface area (Å²) in [5, 5.41) is 2.45. The van der Waals surface area contributed by atoms with Gasteiger partial charge in [-0.3, -0.25) is 0 Å². The molecule has 0 amide bonds. The molecule has 3 heteroatoms. The molecular weight excluding hydrogens is 931 g/mol. The van der Waals surface area contributed by atoms with Crippen molar-refractivity contribution in [3.05, 3.63) is 268 Å². The highest BCUT2D eigenvalue weighted by molar-refractivity contribution is 6.01. The molecule has 15 rings (SSSR count). The first-order chi connectivity index (χ1) is 37.2. The maximum Gasteiger partial charge on any atom is 0.0631 e. The Morgan fingerprint density at radius 3 is 1.60 bits per heavy atom. The molecule has 0 aromatic heterocycles. The summed E-state index contributed by atoms with van der Waals surface area (Å²) in [5.74, 6) is 0. The normalized spacial score (nSPS) is 17.5. The molecular formula is C74H63N3. The second-order valence-electron chi connectivity index (χ2n) is 24.5. The number of fused-ring (bicyclic) bond motifs is 12. The molecule has 3 aliphatic carbocycles. The zero-order chi connectivity index (χ0) is 52.3. The fourth-order valence-corrected chi connectivity index (χ4v) is 14.8. The van der Waals surface area contributed by atoms with E-state index >= 15 is 0 Å². The van der Waals surface area contributed by atoms with Gasteiger partial charge in [0.15, 0.2) is 0 Å². The standard InChI is InChI=1S/C74H63N3/c1-71(2)58-29-15-13-27-54(58)56-38-35-48(41-61(56)71)75(66-33-19-23-46-21-9-11-25-52(46)66)50-37-40-69-63(43-50)74(7,8)65-45-51(44-64-70(65)77(69)68-32-18-17-31-60(68)73(64,5)6)76(67-34-20-24-47-22-10-12-26-53(47)67)49-36-39-57-55-28-14-16-30-59(55)72(3,4)62(57)42-49/h9-32,34-45,66H,33H2,1-8H3. The first-order valence-electron chi connectivity index (χ1n) is 27.8. The predicted octanol–water partition coefficient (Wildman–Crippen LogP) is 20.0. The number of hydrogen-bond donors (Lipinski definition) is 0. The van der Waals surface area contributed by atoms with Crippen molar-refractivity contribution in [2.45, 2.75) is 89.5 Å². The Morgan fingerprint density at radius 1 is 0.390 bits per heavy atom. The molecule has 0 saturated heterocycles. The molecule has 2 aliphatic heterocycles. The first kappa shape index (κ1) is 45.9. The molecule has 2 heterocycles. The van der Waals surface area contributed by atoms with Crippen LogP contribution in [0.3, 0.4) is 0 Å². The van der Waals surface area contributed by atoms with Crippen LogP contribution < -0.4 is 14.7 Å². The number of anilines is 8. The summed E-state index contributed by atoms with van der Waals surface area (Å²) in [6.07, 6.45) is 5.59. The summed E-state index contributed by atoms with van der Waals surface area (Å²) in [7, 11) is 0. The topological polar surface area (TPSA) is 9.72 Å². The van der Waals surface area contributed by atoms with Crippen molar-refractivity contribution in [2.75, 3.05) is 14.7 Å². The molecule has 1 atom stereocenters. The minimum atomic E-state index is -0.423. The van der Waals surface area contributed by atoms with Gasteiger partial charge in [0.25, 0.3) is 0 Å². The number of benzene rings is 10. The van der Waals surface area contributed by atoms with E-state index in [1.807, 2.05) is 0 Å². The van der Waals surface area contributed by atoms with Crippen LogP contribution in [-0.2, 0) is 21.7 Å². The summed E-state index contributed by atoms with van der Waals surface area (Å²) in [6, 6.07) is 79.0. The van der Waals surface area contributed by atoms with E-state index in [0.717, 1.165) is 17.8 Å². The molecule has 0 spiro atoms. The Labute approximate surface area is 454 Å². The number of para-hydroxylation sites is 1. The number of rotatable bonds is 6. The molecule has 0 saturated carbocycles. The highest BCUT2D eigenvalue weighted by atomic mass is 15.2. The van der Waals surface area contributed by atoms with Crippen LogP contribution in [0.25, 0.3) is 39.1 Å².